The number of carbonyl (C=O) groups is 1. The van der Waals surface area contributed by atoms with Crippen LogP contribution in [0.4, 0.5) is 10.8 Å². The zero-order chi connectivity index (χ0) is 17.1. The molecular weight excluding hydrogens is 348 g/mol. The molecule has 24 heavy (non-hydrogen) atoms. The first-order chi connectivity index (χ1) is 11.6. The Bertz CT molecular complexity index is 743. The Hall–Kier alpha value is -2.13. The van der Waals surface area contributed by atoms with E-state index < -0.39 is 4.92 Å². The first kappa shape index (κ1) is 16.7. The summed E-state index contributed by atoms with van der Waals surface area (Å²) in [7, 11) is 0. The van der Waals surface area contributed by atoms with Gasteiger partial charge >= 0.3 is 0 Å². The molecule has 0 spiro atoms. The van der Waals surface area contributed by atoms with Crippen molar-refractivity contribution in [1.29, 1.82) is 0 Å². The van der Waals surface area contributed by atoms with Crippen LogP contribution >= 0.6 is 23.1 Å². The van der Waals surface area contributed by atoms with Crippen molar-refractivity contribution in [2.75, 3.05) is 37.3 Å². The Morgan fingerprint density at radius 3 is 2.67 bits per heavy atom. The molecule has 1 aromatic carbocycles. The average Bonchev–Trinajstić information content (AvgIpc) is 3.15. The Morgan fingerprint density at radius 2 is 2.08 bits per heavy atom. The van der Waals surface area contributed by atoms with Gasteiger partial charge in [-0.05, 0) is 18.4 Å². The summed E-state index contributed by atoms with van der Waals surface area (Å²) < 4.78 is 0. The van der Waals surface area contributed by atoms with Gasteiger partial charge in [0.25, 0.3) is 11.6 Å². The summed E-state index contributed by atoms with van der Waals surface area (Å²) in [5, 5.41) is 14.1. The smallest absolute Gasteiger partial charge is 0.282 e. The van der Waals surface area contributed by atoms with E-state index in [1.165, 1.54) is 17.8 Å². The van der Waals surface area contributed by atoms with Gasteiger partial charge in [0.15, 0.2) is 5.13 Å². The number of hydrogen-bond donors (Lipinski definition) is 0. The van der Waals surface area contributed by atoms with Crippen molar-refractivity contribution in [2.24, 2.45) is 0 Å². The van der Waals surface area contributed by atoms with Crippen LogP contribution in [0.1, 0.15) is 10.4 Å². The summed E-state index contributed by atoms with van der Waals surface area (Å²) in [6, 6.07) is 4.68. The summed E-state index contributed by atoms with van der Waals surface area (Å²) in [6.45, 7) is 2.41. The maximum absolute atomic E-state index is 12.8. The van der Waals surface area contributed by atoms with E-state index >= 15 is 0 Å². The molecule has 0 radical (unpaired) electrons. The predicted octanol–water partition coefficient (Wildman–Crippen LogP) is 2.74. The van der Waals surface area contributed by atoms with Crippen LogP contribution in [0.15, 0.2) is 34.7 Å². The van der Waals surface area contributed by atoms with Crippen LogP contribution in [0.3, 0.4) is 0 Å². The molecular formula is C15H16N4O3S2. The predicted molar refractivity (Wildman–Crippen MR) is 95.1 cm³/mol. The van der Waals surface area contributed by atoms with Gasteiger partial charge in [0, 0.05) is 48.7 Å². The van der Waals surface area contributed by atoms with Gasteiger partial charge < -0.3 is 9.80 Å². The molecule has 1 aliphatic heterocycles. The van der Waals surface area contributed by atoms with Crippen LogP contribution in [0.5, 0.6) is 0 Å². The van der Waals surface area contributed by atoms with Crippen molar-refractivity contribution < 1.29 is 9.72 Å². The van der Waals surface area contributed by atoms with Gasteiger partial charge in [-0.2, -0.15) is 0 Å². The van der Waals surface area contributed by atoms with E-state index in [-0.39, 0.29) is 17.2 Å². The van der Waals surface area contributed by atoms with E-state index in [9.17, 15) is 14.9 Å². The Balaban J connectivity index is 1.76. The van der Waals surface area contributed by atoms with E-state index in [1.54, 1.807) is 34.6 Å². The highest BCUT2D eigenvalue weighted by Gasteiger charge is 2.28. The van der Waals surface area contributed by atoms with Crippen LogP contribution in [0, 0.1) is 10.1 Å². The van der Waals surface area contributed by atoms with Crippen molar-refractivity contribution in [3.05, 3.63) is 45.5 Å². The molecule has 1 saturated heterocycles. The summed E-state index contributed by atoms with van der Waals surface area (Å²) in [5.41, 5.74) is 0.0229. The molecule has 1 amide bonds. The molecule has 1 aliphatic rings. The number of piperazine rings is 1. The number of thioether (sulfide) groups is 1. The zero-order valence-electron chi connectivity index (χ0n) is 13.0. The Labute approximate surface area is 147 Å². The number of anilines is 1. The lowest BCUT2D eigenvalue weighted by atomic mass is 10.1. The van der Waals surface area contributed by atoms with Gasteiger partial charge in [-0.25, -0.2) is 4.98 Å². The third kappa shape index (κ3) is 3.36. The highest BCUT2D eigenvalue weighted by Crippen LogP contribution is 2.27. The van der Waals surface area contributed by atoms with Crippen molar-refractivity contribution >= 4 is 39.8 Å². The SMILES string of the molecule is CSc1ccc([N+](=O)[O-])c(C(=O)N2CCN(c3nccs3)CC2)c1. The minimum atomic E-state index is -0.497. The lowest BCUT2D eigenvalue weighted by Gasteiger charge is -2.34. The third-order valence-electron chi connectivity index (χ3n) is 3.89. The molecule has 9 heteroatoms. The second-order valence-electron chi connectivity index (χ2n) is 5.23. The molecule has 2 heterocycles. The van der Waals surface area contributed by atoms with Gasteiger partial charge in [0.2, 0.25) is 0 Å². The quantitative estimate of drug-likeness (QED) is 0.471. The van der Waals surface area contributed by atoms with Crippen molar-refractivity contribution in [3.8, 4) is 0 Å². The number of benzene rings is 1. The van der Waals surface area contributed by atoms with Crippen molar-refractivity contribution in [2.45, 2.75) is 4.90 Å². The molecule has 0 aliphatic carbocycles. The number of rotatable bonds is 4. The second kappa shape index (κ2) is 7.18. The highest BCUT2D eigenvalue weighted by atomic mass is 32.2. The molecule has 0 unspecified atom stereocenters. The van der Waals surface area contributed by atoms with Gasteiger partial charge in [-0.3, -0.25) is 14.9 Å². The van der Waals surface area contributed by atoms with Gasteiger partial charge in [0.1, 0.15) is 5.56 Å². The van der Waals surface area contributed by atoms with E-state index in [0.717, 1.165) is 10.0 Å². The topological polar surface area (TPSA) is 79.6 Å². The summed E-state index contributed by atoms with van der Waals surface area (Å²) in [6.07, 6.45) is 3.64. The minimum absolute atomic E-state index is 0.139. The lowest BCUT2D eigenvalue weighted by molar-refractivity contribution is -0.385. The second-order valence-corrected chi connectivity index (χ2v) is 6.99. The van der Waals surface area contributed by atoms with Gasteiger partial charge in [-0.1, -0.05) is 0 Å². The Morgan fingerprint density at radius 1 is 1.33 bits per heavy atom. The maximum Gasteiger partial charge on any atom is 0.282 e. The summed E-state index contributed by atoms with van der Waals surface area (Å²) in [4.78, 5) is 32.4. The van der Waals surface area contributed by atoms with Crippen LogP contribution < -0.4 is 4.90 Å². The number of nitro benzene ring substituents is 1. The highest BCUT2D eigenvalue weighted by molar-refractivity contribution is 7.98. The number of amides is 1. The normalized spacial score (nSPS) is 14.7. The van der Waals surface area contributed by atoms with E-state index in [4.69, 9.17) is 0 Å². The molecule has 0 N–H and O–H groups in total. The fourth-order valence-corrected chi connectivity index (χ4v) is 3.75. The molecule has 0 bridgehead atoms. The monoisotopic (exact) mass is 364 g/mol. The fourth-order valence-electron chi connectivity index (χ4n) is 2.62. The molecule has 1 fully saturated rings. The van der Waals surface area contributed by atoms with Crippen LogP contribution in [-0.2, 0) is 0 Å². The average molecular weight is 364 g/mol. The number of aromatic nitrogens is 1. The van der Waals surface area contributed by atoms with Crippen LogP contribution in [0.2, 0.25) is 0 Å². The first-order valence-electron chi connectivity index (χ1n) is 7.36. The number of nitrogens with zero attached hydrogens (tertiary/aromatic N) is 4. The molecule has 126 valence electrons. The summed E-state index contributed by atoms with van der Waals surface area (Å²) in [5.74, 6) is -0.281. The Kier molecular flexibility index (Phi) is 5.00. The largest absolute Gasteiger partial charge is 0.345 e. The maximum atomic E-state index is 12.8. The van der Waals surface area contributed by atoms with Crippen LogP contribution in [0.25, 0.3) is 0 Å². The number of nitro groups is 1. The standard InChI is InChI=1S/C15H16N4O3S2/c1-23-11-2-3-13(19(21)22)12(10-11)14(20)17-5-7-18(8-6-17)15-16-4-9-24-15/h2-4,9-10H,5-8H2,1H3. The van der Waals surface area contributed by atoms with E-state index in [1.807, 2.05) is 11.6 Å². The number of thiazole rings is 1. The zero-order valence-corrected chi connectivity index (χ0v) is 14.7. The van der Waals surface area contributed by atoms with Crippen molar-refractivity contribution in [1.82, 2.24) is 9.88 Å². The third-order valence-corrected chi connectivity index (χ3v) is 5.45. The minimum Gasteiger partial charge on any atom is -0.345 e. The van der Waals surface area contributed by atoms with E-state index in [2.05, 4.69) is 9.88 Å². The molecule has 0 saturated carbocycles. The van der Waals surface area contributed by atoms with Gasteiger partial charge in [0.05, 0.1) is 4.92 Å². The molecule has 3 rings (SSSR count). The molecule has 1 aromatic heterocycles. The number of hydrogen-bond acceptors (Lipinski definition) is 7. The summed E-state index contributed by atoms with van der Waals surface area (Å²) >= 11 is 3.02. The fraction of sp³-hybridized carbons (Fsp3) is 0.333. The first-order valence-corrected chi connectivity index (χ1v) is 9.46. The lowest BCUT2D eigenvalue weighted by Crippen LogP contribution is -2.48. The molecule has 0 atom stereocenters. The van der Waals surface area contributed by atoms with E-state index in [0.29, 0.717) is 26.2 Å². The molecule has 2 aromatic rings. The van der Waals surface area contributed by atoms with Crippen molar-refractivity contribution in [3.63, 3.8) is 0 Å². The molecule has 7 nitrogen and oxygen atoms in total. The van der Waals surface area contributed by atoms with Crippen LogP contribution in [-0.4, -0.2) is 53.1 Å². The number of carbonyl (C=O) groups excluding carboxylic acids is 1. The van der Waals surface area contributed by atoms with Gasteiger partial charge in [-0.15, -0.1) is 23.1 Å².